The number of carbonyl (C=O) groups excluding carboxylic acids is 1. The number of benzene rings is 2. The molecule has 3 N–H and O–H groups in total. The van der Waals surface area contributed by atoms with Crippen molar-refractivity contribution in [1.29, 1.82) is 0 Å². The van der Waals surface area contributed by atoms with Crippen LogP contribution in [0.25, 0.3) is 0 Å². The Morgan fingerprint density at radius 2 is 1.71 bits per heavy atom. The van der Waals surface area contributed by atoms with Gasteiger partial charge in [0.1, 0.15) is 29.9 Å². The lowest BCUT2D eigenvalue weighted by molar-refractivity contribution is -0.256. The highest BCUT2D eigenvalue weighted by Gasteiger charge is 2.65. The van der Waals surface area contributed by atoms with Crippen LogP contribution in [0, 0.1) is 31.6 Å². The number of fused-ring (bicyclic) bond motifs is 2. The number of nitrogens with zero attached hydrogens (tertiary/aromatic N) is 2. The number of allylic oxidation sites excluding steroid dienone is 1. The number of hydrogen-bond donors (Lipinski definition) is 3. The van der Waals surface area contributed by atoms with Crippen LogP contribution >= 0.6 is 0 Å². The van der Waals surface area contributed by atoms with Gasteiger partial charge in [-0.2, -0.15) is 0 Å². The van der Waals surface area contributed by atoms with E-state index in [4.69, 9.17) is 33.7 Å². The van der Waals surface area contributed by atoms with Crippen molar-refractivity contribution < 1.29 is 48.6 Å². The van der Waals surface area contributed by atoms with Crippen LogP contribution in [0.3, 0.4) is 0 Å². The summed E-state index contributed by atoms with van der Waals surface area (Å²) in [5, 5.41) is 34.0. The maximum Gasteiger partial charge on any atom is 0.410 e. The molecule has 6 unspecified atom stereocenters. The van der Waals surface area contributed by atoms with E-state index < -0.39 is 23.8 Å². The molecule has 58 heavy (non-hydrogen) atoms. The van der Waals surface area contributed by atoms with Gasteiger partial charge >= 0.3 is 6.09 Å². The molecule has 1 fully saturated rings. The van der Waals surface area contributed by atoms with Crippen LogP contribution in [-0.4, -0.2) is 103 Å². The monoisotopic (exact) mass is 804 g/mol. The molecule has 0 saturated heterocycles. The first-order valence-electron chi connectivity index (χ1n) is 20.9. The maximum atomic E-state index is 14.3. The number of aliphatic hydroxyl groups excluding tert-OH is 3. The zero-order valence-electron chi connectivity index (χ0n) is 34.6. The molecule has 5 rings (SSSR count). The van der Waals surface area contributed by atoms with Crippen LogP contribution in [0.2, 0.25) is 0 Å². The molecule has 0 spiro atoms. The highest BCUT2D eigenvalue weighted by atomic mass is 16.7. The summed E-state index contributed by atoms with van der Waals surface area (Å²) in [7, 11) is 0. The quantitative estimate of drug-likeness (QED) is 0.0546. The Hall–Kier alpha value is -4.20. The van der Waals surface area contributed by atoms with Crippen molar-refractivity contribution in [3.8, 4) is 17.2 Å². The number of hydrogen-bond acceptors (Lipinski definition) is 11. The van der Waals surface area contributed by atoms with Crippen molar-refractivity contribution >= 4 is 11.8 Å². The molecule has 1 saturated carbocycles. The second-order valence-electron chi connectivity index (χ2n) is 15.3. The Balaban J connectivity index is 1.76. The Morgan fingerprint density at radius 1 is 0.948 bits per heavy atom. The van der Waals surface area contributed by atoms with Crippen molar-refractivity contribution in [2.24, 2.45) is 22.9 Å². The van der Waals surface area contributed by atoms with E-state index in [0.29, 0.717) is 43.1 Å². The minimum atomic E-state index is -1.45. The lowest BCUT2D eigenvalue weighted by Gasteiger charge is -2.59. The Morgan fingerprint density at radius 3 is 2.41 bits per heavy atom. The largest absolute Gasteiger partial charge is 0.459 e. The number of amides is 1. The van der Waals surface area contributed by atoms with Crippen LogP contribution in [0.1, 0.15) is 80.9 Å². The molecule has 12 heteroatoms. The number of aryl methyl sites for hydroxylation is 2. The molecule has 3 aliphatic rings. The van der Waals surface area contributed by atoms with E-state index in [1.165, 1.54) is 5.56 Å². The lowest BCUT2D eigenvalue weighted by atomic mass is 9.55. The minimum Gasteiger partial charge on any atom is -0.459 e. The van der Waals surface area contributed by atoms with Gasteiger partial charge in [0.15, 0.2) is 0 Å². The Kier molecular flexibility index (Phi) is 17.2. The summed E-state index contributed by atoms with van der Waals surface area (Å²) in [6.45, 7) is 14.8. The van der Waals surface area contributed by atoms with E-state index in [0.717, 1.165) is 48.1 Å². The second kappa shape index (κ2) is 22.2. The van der Waals surface area contributed by atoms with Crippen molar-refractivity contribution in [3.63, 3.8) is 0 Å². The molecule has 12 nitrogen and oxygen atoms in total. The number of ether oxygens (including phenoxy) is 5. The normalized spacial score (nSPS) is 23.9. The first kappa shape index (κ1) is 44.9. The van der Waals surface area contributed by atoms with Gasteiger partial charge in [-0.25, -0.2) is 4.79 Å². The summed E-state index contributed by atoms with van der Waals surface area (Å²) in [5.41, 5.74) is 4.89. The predicted octanol–water partition coefficient (Wildman–Crippen LogP) is 7.77. The molecule has 1 aliphatic heterocycles. The van der Waals surface area contributed by atoms with E-state index in [1.54, 1.807) is 17.1 Å². The standard InChI is InChI=1S/C46H64N2O10/c1-6-9-25-54-45(52)48(20-26-53-27-23-51)42-31-40(47-56-8-3)38-29-34(14-10-12-21-49)37(15-11-13-22-50)43-39-30-36(57-35-17-16-32(4)33(5)28-35)18-19-41(39)58-46(42,44(38)43)55-24-7-2/h6-7,16-19,28-30,34,37,42-44,49-51H,1-2,8-15,20-27,31H2,3-5H3. The molecular formula is C46H64N2O10. The fourth-order valence-electron chi connectivity index (χ4n) is 8.78. The first-order valence-corrected chi connectivity index (χ1v) is 20.9. The Bertz CT molecular complexity index is 1730. The highest BCUT2D eigenvalue weighted by molar-refractivity contribution is 6.03. The second-order valence-corrected chi connectivity index (χ2v) is 15.3. The summed E-state index contributed by atoms with van der Waals surface area (Å²) in [6, 6.07) is 11.2. The maximum absolute atomic E-state index is 14.3. The number of carbonyl (C=O) groups is 1. The zero-order valence-corrected chi connectivity index (χ0v) is 34.6. The fourth-order valence-corrected chi connectivity index (χ4v) is 8.78. The van der Waals surface area contributed by atoms with Gasteiger partial charge < -0.3 is 43.8 Å². The molecule has 1 amide bonds. The molecule has 2 aromatic carbocycles. The van der Waals surface area contributed by atoms with Crippen molar-refractivity contribution in [2.75, 3.05) is 59.4 Å². The lowest BCUT2D eigenvalue weighted by Crippen LogP contribution is -2.70. The molecule has 0 bridgehead atoms. The van der Waals surface area contributed by atoms with E-state index in [-0.39, 0.29) is 77.0 Å². The molecular weight excluding hydrogens is 741 g/mol. The molecule has 0 aromatic heterocycles. The molecule has 1 heterocycles. The SMILES string of the molecule is C=CCCOC(=O)N(CCOCCO)C1CC(=NOCC)C2=CC(CCCCO)C(CCCCO)C3c4cc(Oc5ccc(C)c(C)c5)ccc4OC1(OCC=C)C23. The van der Waals surface area contributed by atoms with Gasteiger partial charge in [-0.15, -0.1) is 13.2 Å². The Labute approximate surface area is 344 Å². The number of unbranched alkanes of at least 4 members (excludes halogenated alkanes) is 2. The zero-order chi connectivity index (χ0) is 41.5. The van der Waals surface area contributed by atoms with E-state index in [2.05, 4.69) is 39.1 Å². The average Bonchev–Trinajstić information content (AvgIpc) is 3.22. The van der Waals surface area contributed by atoms with Crippen LogP contribution in [0.5, 0.6) is 17.2 Å². The van der Waals surface area contributed by atoms with Gasteiger partial charge in [0.2, 0.25) is 5.79 Å². The number of aliphatic hydroxyl groups is 3. The van der Waals surface area contributed by atoms with Gasteiger partial charge in [-0.3, -0.25) is 4.90 Å². The molecule has 6 atom stereocenters. The molecule has 2 aromatic rings. The third kappa shape index (κ3) is 10.5. The minimum absolute atomic E-state index is 0.0539. The van der Waals surface area contributed by atoms with Crippen molar-refractivity contribution in [3.05, 3.63) is 90.0 Å². The average molecular weight is 805 g/mol. The predicted molar refractivity (Wildman–Crippen MR) is 223 cm³/mol. The molecule has 0 radical (unpaired) electrons. The van der Waals surface area contributed by atoms with Crippen LogP contribution < -0.4 is 9.47 Å². The van der Waals surface area contributed by atoms with Crippen LogP contribution in [0.15, 0.2) is 78.5 Å². The van der Waals surface area contributed by atoms with Gasteiger partial charge in [0.25, 0.3) is 0 Å². The van der Waals surface area contributed by atoms with E-state index in [9.17, 15) is 20.1 Å². The fraction of sp³-hybridized carbons (Fsp3) is 0.565. The van der Waals surface area contributed by atoms with Gasteiger partial charge in [-0.05, 0) is 112 Å². The third-order valence-electron chi connectivity index (χ3n) is 11.5. The summed E-state index contributed by atoms with van der Waals surface area (Å²) in [4.78, 5) is 21.7. The third-order valence-corrected chi connectivity index (χ3v) is 11.5. The summed E-state index contributed by atoms with van der Waals surface area (Å²) < 4.78 is 32.4. The summed E-state index contributed by atoms with van der Waals surface area (Å²) in [5.74, 6) is 0.00910. The van der Waals surface area contributed by atoms with Gasteiger partial charge in [0.05, 0.1) is 44.7 Å². The molecule has 318 valence electrons. The first-order chi connectivity index (χ1) is 28.3. The number of oxime groups is 1. The highest BCUT2D eigenvalue weighted by Crippen LogP contribution is 2.62. The van der Waals surface area contributed by atoms with E-state index in [1.807, 2.05) is 37.3 Å². The van der Waals surface area contributed by atoms with E-state index >= 15 is 0 Å². The topological polar surface area (TPSA) is 149 Å². The van der Waals surface area contributed by atoms with Crippen LogP contribution in [-0.2, 0) is 19.0 Å². The molecule has 2 aliphatic carbocycles. The summed E-state index contributed by atoms with van der Waals surface area (Å²) in [6.07, 6.45) is 10.4. The van der Waals surface area contributed by atoms with Crippen molar-refractivity contribution in [2.45, 2.75) is 89.9 Å². The van der Waals surface area contributed by atoms with Gasteiger partial charge in [0, 0.05) is 37.7 Å². The summed E-state index contributed by atoms with van der Waals surface area (Å²) >= 11 is 0. The van der Waals surface area contributed by atoms with Gasteiger partial charge in [-0.1, -0.05) is 42.3 Å². The smallest absolute Gasteiger partial charge is 0.410 e. The van der Waals surface area contributed by atoms with Crippen molar-refractivity contribution in [1.82, 2.24) is 4.90 Å². The van der Waals surface area contributed by atoms with Crippen LogP contribution in [0.4, 0.5) is 4.79 Å². The number of rotatable bonds is 24.